The van der Waals surface area contributed by atoms with E-state index in [1.54, 1.807) is 6.07 Å². The maximum absolute atomic E-state index is 12.2. The summed E-state index contributed by atoms with van der Waals surface area (Å²) < 4.78 is 4.81. The van der Waals surface area contributed by atoms with Gasteiger partial charge in [-0.05, 0) is 42.0 Å². The van der Waals surface area contributed by atoms with E-state index in [9.17, 15) is 30.4 Å². The van der Waals surface area contributed by atoms with Crippen LogP contribution in [0.2, 0.25) is 0 Å². The van der Waals surface area contributed by atoms with E-state index in [-0.39, 0.29) is 22.6 Å². The van der Waals surface area contributed by atoms with Crippen LogP contribution >= 0.6 is 0 Å². The number of hydrogen-bond acceptors (Lipinski definition) is 7. The summed E-state index contributed by atoms with van der Waals surface area (Å²) >= 11 is 0. The van der Waals surface area contributed by atoms with Crippen molar-refractivity contribution >= 4 is 23.4 Å². The number of hydrogen-bond donors (Lipinski definition) is 2. The summed E-state index contributed by atoms with van der Waals surface area (Å²) in [6.07, 6.45) is 1.10. The second-order valence-corrected chi connectivity index (χ2v) is 5.00. The molecular formula is C17H12N3O6-. The minimum absolute atomic E-state index is 0.0103. The normalized spacial score (nSPS) is 10.7. The molecule has 2 aromatic carbocycles. The molecule has 0 bridgehead atoms. The zero-order chi connectivity index (χ0) is 19.3. The molecular weight excluding hydrogens is 342 g/mol. The van der Waals surface area contributed by atoms with Crippen molar-refractivity contribution < 1.29 is 24.7 Å². The van der Waals surface area contributed by atoms with E-state index in [2.05, 4.69) is 5.32 Å². The van der Waals surface area contributed by atoms with Crippen molar-refractivity contribution in [3.63, 3.8) is 0 Å². The van der Waals surface area contributed by atoms with Crippen LogP contribution in [0.1, 0.15) is 5.56 Å². The van der Waals surface area contributed by atoms with Gasteiger partial charge in [-0.1, -0.05) is 0 Å². The number of carbonyl (C=O) groups excluding carboxylic acids is 1. The Bertz CT molecular complexity index is 929. The first-order valence-electron chi connectivity index (χ1n) is 7.11. The fraction of sp³-hybridized carbons (Fsp3) is 0.0588. The summed E-state index contributed by atoms with van der Waals surface area (Å²) in [6.45, 7) is 0. The SMILES string of the molecule is COc1cc(/C=C(/C#N)C(=O)Nc2ccc(O)cc2)cc([N+](=O)[O-])c1[O-]. The van der Waals surface area contributed by atoms with Gasteiger partial charge in [0.2, 0.25) is 0 Å². The van der Waals surface area contributed by atoms with Crippen molar-refractivity contribution in [1.29, 1.82) is 5.26 Å². The molecule has 2 aromatic rings. The van der Waals surface area contributed by atoms with Gasteiger partial charge in [-0.15, -0.1) is 0 Å². The smallest absolute Gasteiger partial charge is 0.266 e. The largest absolute Gasteiger partial charge is 0.865 e. The van der Waals surface area contributed by atoms with Crippen LogP contribution in [-0.4, -0.2) is 23.0 Å². The predicted molar refractivity (Wildman–Crippen MR) is 89.4 cm³/mol. The molecule has 0 aliphatic heterocycles. The molecule has 0 aliphatic carbocycles. The number of benzene rings is 2. The summed E-state index contributed by atoms with van der Waals surface area (Å²) in [7, 11) is 1.18. The minimum atomic E-state index is -0.901. The Balaban J connectivity index is 2.37. The summed E-state index contributed by atoms with van der Waals surface area (Å²) in [5.41, 5.74) is -0.641. The van der Waals surface area contributed by atoms with Crippen LogP contribution in [0.25, 0.3) is 6.08 Å². The van der Waals surface area contributed by atoms with Crippen molar-refractivity contribution in [3.05, 3.63) is 57.6 Å². The van der Waals surface area contributed by atoms with Gasteiger partial charge in [-0.3, -0.25) is 14.9 Å². The van der Waals surface area contributed by atoms with Crippen LogP contribution in [0.5, 0.6) is 17.2 Å². The highest BCUT2D eigenvalue weighted by Gasteiger charge is 2.15. The predicted octanol–water partition coefficient (Wildman–Crippen LogP) is 1.93. The van der Waals surface area contributed by atoms with Crippen LogP contribution in [0.3, 0.4) is 0 Å². The number of nitro groups is 1. The Labute approximate surface area is 147 Å². The molecule has 0 fully saturated rings. The Morgan fingerprint density at radius 2 is 2.00 bits per heavy atom. The quantitative estimate of drug-likeness (QED) is 0.274. The van der Waals surface area contributed by atoms with E-state index in [1.165, 1.54) is 37.4 Å². The Hall–Kier alpha value is -4.06. The molecule has 0 unspecified atom stereocenters. The van der Waals surface area contributed by atoms with Gasteiger partial charge in [0.25, 0.3) is 11.6 Å². The number of nitriles is 1. The molecule has 0 radical (unpaired) electrons. The highest BCUT2D eigenvalue weighted by Crippen LogP contribution is 2.35. The van der Waals surface area contributed by atoms with Crippen LogP contribution in [0.4, 0.5) is 11.4 Å². The highest BCUT2D eigenvalue weighted by molar-refractivity contribution is 6.09. The molecule has 2 N–H and O–H groups in total. The van der Waals surface area contributed by atoms with Crippen molar-refractivity contribution in [2.24, 2.45) is 0 Å². The number of nitrogens with zero attached hydrogens (tertiary/aromatic N) is 2. The second-order valence-electron chi connectivity index (χ2n) is 5.00. The molecule has 0 spiro atoms. The van der Waals surface area contributed by atoms with E-state index < -0.39 is 22.3 Å². The van der Waals surface area contributed by atoms with Gasteiger partial charge in [-0.25, -0.2) is 0 Å². The summed E-state index contributed by atoms with van der Waals surface area (Å²) in [6, 6.07) is 9.42. The van der Waals surface area contributed by atoms with Crippen molar-refractivity contribution in [1.82, 2.24) is 0 Å². The third kappa shape index (κ3) is 4.07. The standard InChI is InChI=1S/C17H13N3O6/c1-26-15-8-10(7-14(16(15)22)20(24)25)6-11(9-18)17(23)19-12-2-4-13(21)5-3-12/h2-8,21-22H,1H3,(H,19,23)/p-1/b11-6-. The number of rotatable bonds is 5. The number of nitrogens with one attached hydrogen (secondary N) is 1. The third-order valence-corrected chi connectivity index (χ3v) is 3.28. The minimum Gasteiger partial charge on any atom is -0.865 e. The summed E-state index contributed by atoms with van der Waals surface area (Å²) in [5, 5.41) is 43.6. The number of aromatic hydroxyl groups is 1. The van der Waals surface area contributed by atoms with E-state index in [4.69, 9.17) is 4.74 Å². The Kier molecular flexibility index (Phi) is 5.40. The molecule has 2 rings (SSSR count). The summed E-state index contributed by atoms with van der Waals surface area (Å²) in [4.78, 5) is 22.3. The first-order valence-corrected chi connectivity index (χ1v) is 7.11. The highest BCUT2D eigenvalue weighted by atomic mass is 16.6. The second kappa shape index (κ2) is 7.67. The lowest BCUT2D eigenvalue weighted by Crippen LogP contribution is -2.13. The number of nitro benzene ring substituents is 1. The molecule has 0 atom stereocenters. The number of anilines is 1. The van der Waals surface area contributed by atoms with Gasteiger partial charge < -0.3 is 20.3 Å². The zero-order valence-corrected chi connectivity index (χ0v) is 13.4. The molecule has 0 aliphatic rings. The van der Waals surface area contributed by atoms with E-state index in [0.717, 1.165) is 12.1 Å². The van der Waals surface area contributed by atoms with Gasteiger partial charge in [0.05, 0.1) is 12.0 Å². The molecule has 9 nitrogen and oxygen atoms in total. The molecule has 0 saturated heterocycles. The van der Waals surface area contributed by atoms with Crippen LogP contribution in [0.15, 0.2) is 42.0 Å². The molecule has 1 amide bonds. The lowest BCUT2D eigenvalue weighted by atomic mass is 10.1. The molecule has 132 valence electrons. The molecule has 9 heteroatoms. The van der Waals surface area contributed by atoms with Crippen LogP contribution in [-0.2, 0) is 4.79 Å². The molecule has 0 saturated carbocycles. The van der Waals surface area contributed by atoms with E-state index >= 15 is 0 Å². The number of carbonyl (C=O) groups is 1. The number of methoxy groups -OCH3 is 1. The maximum atomic E-state index is 12.2. The monoisotopic (exact) mass is 354 g/mol. The van der Waals surface area contributed by atoms with Gasteiger partial charge >= 0.3 is 0 Å². The van der Waals surface area contributed by atoms with Crippen LogP contribution < -0.4 is 15.2 Å². The van der Waals surface area contributed by atoms with E-state index in [1.807, 2.05) is 0 Å². The van der Waals surface area contributed by atoms with Gasteiger partial charge in [0.15, 0.2) is 0 Å². The van der Waals surface area contributed by atoms with E-state index in [0.29, 0.717) is 5.69 Å². The Morgan fingerprint density at radius 1 is 1.35 bits per heavy atom. The zero-order valence-electron chi connectivity index (χ0n) is 13.4. The topological polar surface area (TPSA) is 149 Å². The fourth-order valence-corrected chi connectivity index (χ4v) is 2.04. The average Bonchev–Trinajstić information content (AvgIpc) is 2.62. The van der Waals surface area contributed by atoms with Gasteiger partial charge in [0.1, 0.15) is 23.1 Å². The molecule has 0 aromatic heterocycles. The number of phenolic OH excluding ortho intramolecular Hbond substituents is 1. The first kappa shape index (κ1) is 18.3. The third-order valence-electron chi connectivity index (χ3n) is 3.28. The van der Waals surface area contributed by atoms with Crippen LogP contribution in [0, 0.1) is 21.4 Å². The lowest BCUT2D eigenvalue weighted by molar-refractivity contribution is -0.398. The van der Waals surface area contributed by atoms with Gasteiger partial charge in [0, 0.05) is 17.5 Å². The average molecular weight is 354 g/mol. The first-order chi connectivity index (χ1) is 12.3. The fourth-order valence-electron chi connectivity index (χ4n) is 2.04. The lowest BCUT2D eigenvalue weighted by Gasteiger charge is -2.13. The van der Waals surface area contributed by atoms with Crippen molar-refractivity contribution in [3.8, 4) is 23.3 Å². The molecule has 26 heavy (non-hydrogen) atoms. The number of ether oxygens (including phenoxy) is 1. The number of phenols is 1. The van der Waals surface area contributed by atoms with Crippen molar-refractivity contribution in [2.75, 3.05) is 12.4 Å². The number of amides is 1. The Morgan fingerprint density at radius 3 is 2.54 bits per heavy atom. The molecule has 0 heterocycles. The summed E-state index contributed by atoms with van der Waals surface area (Å²) in [5.74, 6) is -1.93. The maximum Gasteiger partial charge on any atom is 0.266 e. The van der Waals surface area contributed by atoms with Gasteiger partial charge in [-0.2, -0.15) is 5.26 Å². The van der Waals surface area contributed by atoms with Crippen molar-refractivity contribution in [2.45, 2.75) is 0 Å².